The highest BCUT2D eigenvalue weighted by atomic mass is 32.1. The molecule has 0 heterocycles. The van der Waals surface area contributed by atoms with E-state index in [9.17, 15) is 0 Å². The third-order valence-corrected chi connectivity index (χ3v) is 4.33. The van der Waals surface area contributed by atoms with Gasteiger partial charge in [-0.05, 0) is 23.3 Å². The van der Waals surface area contributed by atoms with Crippen molar-refractivity contribution in [2.45, 2.75) is 25.6 Å². The van der Waals surface area contributed by atoms with Crippen LogP contribution < -0.4 is 0 Å². The maximum absolute atomic E-state index is 4.55. The van der Waals surface area contributed by atoms with Crippen LogP contribution in [0.5, 0.6) is 0 Å². The molecule has 0 aliphatic rings. The quantitative estimate of drug-likeness (QED) is 0.686. The average molecular weight is 318 g/mol. The summed E-state index contributed by atoms with van der Waals surface area (Å²) in [5, 5.41) is 0. The zero-order valence-corrected chi connectivity index (χ0v) is 14.0. The summed E-state index contributed by atoms with van der Waals surface area (Å²) in [5.74, 6) is 1.76. The third kappa shape index (κ3) is 5.42. The molecule has 1 nitrogen and oxygen atoms in total. The predicted molar refractivity (Wildman–Crippen MR) is 98.2 cm³/mol. The minimum atomic E-state index is 0.450. The molecule has 0 bridgehead atoms. The van der Waals surface area contributed by atoms with E-state index in [1.165, 1.54) is 11.1 Å². The van der Waals surface area contributed by atoms with Crippen molar-refractivity contribution in [1.82, 2.24) is 4.90 Å². The summed E-state index contributed by atoms with van der Waals surface area (Å²) in [6.45, 7) is 1.91. The fourth-order valence-corrected chi connectivity index (χ4v) is 3.20. The molecule has 0 N–H and O–H groups in total. The highest BCUT2D eigenvalue weighted by Gasteiger charge is 2.17. The molecule has 0 saturated carbocycles. The summed E-state index contributed by atoms with van der Waals surface area (Å²) in [7, 11) is 0. The van der Waals surface area contributed by atoms with E-state index in [0.29, 0.717) is 6.04 Å². The van der Waals surface area contributed by atoms with Crippen molar-refractivity contribution in [3.8, 4) is 0 Å². The molecule has 1 unspecified atom stereocenters. The average Bonchev–Trinajstić information content (AvgIpc) is 2.54. The van der Waals surface area contributed by atoms with Gasteiger partial charge in [-0.3, -0.25) is 4.90 Å². The van der Waals surface area contributed by atoms with Gasteiger partial charge in [-0.2, -0.15) is 25.3 Å². The molecule has 0 saturated heterocycles. The van der Waals surface area contributed by atoms with E-state index in [0.717, 1.165) is 31.0 Å². The molecule has 1 atom stereocenters. The summed E-state index contributed by atoms with van der Waals surface area (Å²) in [6, 6.07) is 21.7. The summed E-state index contributed by atoms with van der Waals surface area (Å²) in [6.07, 6.45) is 1.06. The molecule has 112 valence electrons. The van der Waals surface area contributed by atoms with Crippen LogP contribution in [0, 0.1) is 0 Å². The van der Waals surface area contributed by atoms with Crippen molar-refractivity contribution >= 4 is 25.3 Å². The Morgan fingerprint density at radius 3 is 1.62 bits per heavy atom. The van der Waals surface area contributed by atoms with Crippen LogP contribution in [-0.4, -0.2) is 22.4 Å². The Hall–Kier alpha value is -0.900. The molecule has 3 heteroatoms. The van der Waals surface area contributed by atoms with Gasteiger partial charge in [0.05, 0.1) is 0 Å². The fraction of sp³-hybridized carbons (Fsp3) is 0.333. The molecule has 0 spiro atoms. The lowest BCUT2D eigenvalue weighted by Gasteiger charge is -2.31. The standard InChI is InChI=1S/C18H23NS2/c20-12-11-18(15-21)19(13-16-7-3-1-4-8-16)14-17-9-5-2-6-10-17/h1-10,18,20-21H,11-15H2. The fourth-order valence-electron chi connectivity index (χ4n) is 2.49. The van der Waals surface area contributed by atoms with Crippen LogP contribution in [0.2, 0.25) is 0 Å². The third-order valence-electron chi connectivity index (χ3n) is 3.65. The van der Waals surface area contributed by atoms with Crippen LogP contribution >= 0.6 is 25.3 Å². The normalized spacial score (nSPS) is 12.5. The largest absolute Gasteiger partial charge is 0.291 e. The van der Waals surface area contributed by atoms with Crippen molar-refractivity contribution in [3.63, 3.8) is 0 Å². The van der Waals surface area contributed by atoms with Gasteiger partial charge in [-0.15, -0.1) is 0 Å². The van der Waals surface area contributed by atoms with Crippen LogP contribution in [0.25, 0.3) is 0 Å². The van der Waals surface area contributed by atoms with E-state index in [1.807, 2.05) is 0 Å². The number of hydrogen-bond acceptors (Lipinski definition) is 3. The number of rotatable bonds is 8. The summed E-state index contributed by atoms with van der Waals surface area (Å²) in [5.41, 5.74) is 2.69. The minimum Gasteiger partial charge on any atom is -0.291 e. The van der Waals surface area contributed by atoms with Gasteiger partial charge in [-0.25, -0.2) is 0 Å². The molecule has 0 aliphatic heterocycles. The molecular formula is C18H23NS2. The molecule has 0 aromatic heterocycles. The number of benzene rings is 2. The van der Waals surface area contributed by atoms with E-state index < -0.39 is 0 Å². The Kier molecular flexibility index (Phi) is 7.20. The van der Waals surface area contributed by atoms with Crippen molar-refractivity contribution in [1.29, 1.82) is 0 Å². The molecule has 21 heavy (non-hydrogen) atoms. The molecule has 2 aromatic rings. The maximum Gasteiger partial charge on any atom is 0.0240 e. The lowest BCUT2D eigenvalue weighted by atomic mass is 10.1. The van der Waals surface area contributed by atoms with Gasteiger partial charge in [0.15, 0.2) is 0 Å². The van der Waals surface area contributed by atoms with E-state index in [1.54, 1.807) is 0 Å². The molecule has 0 fully saturated rings. The first-order valence-electron chi connectivity index (χ1n) is 7.37. The Balaban J connectivity index is 2.13. The van der Waals surface area contributed by atoms with E-state index in [2.05, 4.69) is 90.8 Å². The number of hydrogen-bond donors (Lipinski definition) is 2. The summed E-state index contributed by atoms with van der Waals surface area (Å²) >= 11 is 8.95. The summed E-state index contributed by atoms with van der Waals surface area (Å²) in [4.78, 5) is 2.51. The van der Waals surface area contributed by atoms with E-state index in [-0.39, 0.29) is 0 Å². The Bertz CT molecular complexity index is 460. The van der Waals surface area contributed by atoms with E-state index >= 15 is 0 Å². The number of nitrogens with zero attached hydrogens (tertiary/aromatic N) is 1. The summed E-state index contributed by atoms with van der Waals surface area (Å²) < 4.78 is 0. The number of thiol groups is 2. The molecular weight excluding hydrogens is 294 g/mol. The second kappa shape index (κ2) is 9.19. The van der Waals surface area contributed by atoms with Gasteiger partial charge in [0, 0.05) is 24.9 Å². The van der Waals surface area contributed by atoms with Crippen LogP contribution in [0.15, 0.2) is 60.7 Å². The zero-order valence-electron chi connectivity index (χ0n) is 12.2. The van der Waals surface area contributed by atoms with Crippen molar-refractivity contribution < 1.29 is 0 Å². The smallest absolute Gasteiger partial charge is 0.0240 e. The van der Waals surface area contributed by atoms with Gasteiger partial charge in [0.1, 0.15) is 0 Å². The van der Waals surface area contributed by atoms with Gasteiger partial charge >= 0.3 is 0 Å². The van der Waals surface area contributed by atoms with Crippen LogP contribution in [0.4, 0.5) is 0 Å². The monoisotopic (exact) mass is 317 g/mol. The van der Waals surface area contributed by atoms with Crippen LogP contribution in [0.1, 0.15) is 17.5 Å². The Morgan fingerprint density at radius 2 is 1.24 bits per heavy atom. The molecule has 0 amide bonds. The van der Waals surface area contributed by atoms with Crippen LogP contribution in [0.3, 0.4) is 0 Å². The van der Waals surface area contributed by atoms with Crippen molar-refractivity contribution in [2.24, 2.45) is 0 Å². The second-order valence-corrected chi connectivity index (χ2v) is 6.04. The van der Waals surface area contributed by atoms with E-state index in [4.69, 9.17) is 0 Å². The van der Waals surface area contributed by atoms with Gasteiger partial charge in [0.2, 0.25) is 0 Å². The molecule has 0 radical (unpaired) electrons. The first-order chi connectivity index (χ1) is 10.3. The highest BCUT2D eigenvalue weighted by molar-refractivity contribution is 7.80. The molecule has 0 aliphatic carbocycles. The van der Waals surface area contributed by atoms with Gasteiger partial charge in [-0.1, -0.05) is 60.7 Å². The lowest BCUT2D eigenvalue weighted by molar-refractivity contribution is 0.191. The first-order valence-corrected chi connectivity index (χ1v) is 8.63. The topological polar surface area (TPSA) is 3.24 Å². The highest BCUT2D eigenvalue weighted by Crippen LogP contribution is 2.16. The molecule has 2 aromatic carbocycles. The van der Waals surface area contributed by atoms with Gasteiger partial charge in [0.25, 0.3) is 0 Å². The van der Waals surface area contributed by atoms with Crippen molar-refractivity contribution in [3.05, 3.63) is 71.8 Å². The van der Waals surface area contributed by atoms with Gasteiger partial charge < -0.3 is 0 Å². The lowest BCUT2D eigenvalue weighted by Crippen LogP contribution is -2.36. The minimum absolute atomic E-state index is 0.450. The molecule has 2 rings (SSSR count). The Labute approximate surface area is 139 Å². The van der Waals surface area contributed by atoms with Crippen molar-refractivity contribution in [2.75, 3.05) is 11.5 Å². The van der Waals surface area contributed by atoms with Crippen LogP contribution in [-0.2, 0) is 13.1 Å². The zero-order chi connectivity index (χ0) is 14.9. The SMILES string of the molecule is SCCC(CS)N(Cc1ccccc1)Cc1ccccc1. The first kappa shape index (κ1) is 16.5. The predicted octanol–water partition coefficient (Wildman–Crippen LogP) is 4.31. The maximum atomic E-state index is 4.55. The Morgan fingerprint density at radius 1 is 0.762 bits per heavy atom. The second-order valence-electron chi connectivity index (χ2n) is 5.22.